The standard InChI is InChI=1S/C15H12N2O3/c18-14-10-20-15(19)17(14)9-11-4-6-12(7-5-11)13-3-1-2-8-16-13/h1-8,10,18H,9H2. The lowest BCUT2D eigenvalue weighted by molar-refractivity contribution is 0.421. The van der Waals surface area contributed by atoms with Gasteiger partial charge in [0.15, 0.2) is 6.26 Å². The molecule has 0 saturated carbocycles. The third-order valence-corrected chi connectivity index (χ3v) is 3.02. The van der Waals surface area contributed by atoms with Crippen molar-refractivity contribution in [3.8, 4) is 17.1 Å². The van der Waals surface area contributed by atoms with E-state index in [4.69, 9.17) is 0 Å². The van der Waals surface area contributed by atoms with Gasteiger partial charge >= 0.3 is 5.76 Å². The molecule has 0 aliphatic carbocycles. The normalized spacial score (nSPS) is 10.6. The minimum absolute atomic E-state index is 0.177. The Morgan fingerprint density at radius 2 is 1.95 bits per heavy atom. The average Bonchev–Trinajstić information content (AvgIpc) is 2.81. The second-order valence-corrected chi connectivity index (χ2v) is 4.36. The third kappa shape index (κ3) is 2.33. The molecule has 100 valence electrons. The Kier molecular flexibility index (Phi) is 3.09. The first-order valence-electron chi connectivity index (χ1n) is 6.12. The van der Waals surface area contributed by atoms with Gasteiger partial charge in [0.25, 0.3) is 0 Å². The van der Waals surface area contributed by atoms with Crippen LogP contribution in [0.3, 0.4) is 0 Å². The SMILES string of the molecule is O=c1occ(O)n1Cc1ccc(-c2ccccn2)cc1. The van der Waals surface area contributed by atoms with Gasteiger partial charge < -0.3 is 9.52 Å². The van der Waals surface area contributed by atoms with Crippen LogP contribution >= 0.6 is 0 Å². The predicted molar refractivity (Wildman–Crippen MR) is 73.4 cm³/mol. The fourth-order valence-corrected chi connectivity index (χ4v) is 1.97. The molecule has 0 fully saturated rings. The van der Waals surface area contributed by atoms with E-state index in [2.05, 4.69) is 9.40 Å². The molecule has 1 aromatic carbocycles. The van der Waals surface area contributed by atoms with E-state index in [1.54, 1.807) is 6.20 Å². The summed E-state index contributed by atoms with van der Waals surface area (Å²) in [7, 11) is 0. The fraction of sp³-hybridized carbons (Fsp3) is 0.0667. The molecule has 3 aromatic rings. The third-order valence-electron chi connectivity index (χ3n) is 3.02. The van der Waals surface area contributed by atoms with E-state index in [0.29, 0.717) is 0 Å². The first kappa shape index (κ1) is 12.2. The maximum atomic E-state index is 11.4. The monoisotopic (exact) mass is 268 g/mol. The van der Waals surface area contributed by atoms with Gasteiger partial charge in [-0.05, 0) is 17.7 Å². The van der Waals surface area contributed by atoms with Crippen molar-refractivity contribution in [3.63, 3.8) is 0 Å². The molecule has 0 bridgehead atoms. The van der Waals surface area contributed by atoms with Gasteiger partial charge in [0.1, 0.15) is 0 Å². The van der Waals surface area contributed by atoms with Crippen LogP contribution in [0.15, 0.2) is 64.1 Å². The van der Waals surface area contributed by atoms with Crippen molar-refractivity contribution in [2.75, 3.05) is 0 Å². The quantitative estimate of drug-likeness (QED) is 0.791. The number of aromatic hydroxyl groups is 1. The van der Waals surface area contributed by atoms with Crippen LogP contribution in [0.1, 0.15) is 5.56 Å². The molecule has 5 heteroatoms. The number of aromatic nitrogens is 2. The molecule has 2 heterocycles. The van der Waals surface area contributed by atoms with E-state index < -0.39 is 5.76 Å². The highest BCUT2D eigenvalue weighted by atomic mass is 16.4. The van der Waals surface area contributed by atoms with E-state index in [-0.39, 0.29) is 12.4 Å². The number of nitrogens with zero attached hydrogens (tertiary/aromatic N) is 2. The highest BCUT2D eigenvalue weighted by Gasteiger charge is 2.07. The summed E-state index contributed by atoms with van der Waals surface area (Å²) in [5, 5.41) is 9.48. The van der Waals surface area contributed by atoms with Gasteiger partial charge in [-0.15, -0.1) is 0 Å². The molecule has 2 aromatic heterocycles. The van der Waals surface area contributed by atoms with Crippen molar-refractivity contribution in [3.05, 3.63) is 71.0 Å². The van der Waals surface area contributed by atoms with Gasteiger partial charge in [-0.25, -0.2) is 9.36 Å². The first-order chi connectivity index (χ1) is 9.74. The zero-order valence-corrected chi connectivity index (χ0v) is 10.6. The molecule has 0 amide bonds. The second-order valence-electron chi connectivity index (χ2n) is 4.36. The summed E-state index contributed by atoms with van der Waals surface area (Å²) < 4.78 is 5.77. The van der Waals surface area contributed by atoms with Crippen LogP contribution in [-0.4, -0.2) is 14.7 Å². The highest BCUT2D eigenvalue weighted by Crippen LogP contribution is 2.18. The van der Waals surface area contributed by atoms with Crippen molar-refractivity contribution in [1.29, 1.82) is 0 Å². The molecule has 0 unspecified atom stereocenters. The van der Waals surface area contributed by atoms with Gasteiger partial charge in [-0.1, -0.05) is 30.3 Å². The van der Waals surface area contributed by atoms with Crippen LogP contribution in [0.4, 0.5) is 0 Å². The smallest absolute Gasteiger partial charge is 0.422 e. The molecule has 3 rings (SSSR count). The van der Waals surface area contributed by atoms with E-state index in [1.165, 1.54) is 0 Å². The van der Waals surface area contributed by atoms with Crippen molar-refractivity contribution >= 4 is 0 Å². The average molecular weight is 268 g/mol. The Balaban J connectivity index is 1.86. The molecule has 0 radical (unpaired) electrons. The number of oxazole rings is 1. The van der Waals surface area contributed by atoms with E-state index >= 15 is 0 Å². The summed E-state index contributed by atoms with van der Waals surface area (Å²) in [5.74, 6) is -0.750. The second kappa shape index (κ2) is 5.05. The Morgan fingerprint density at radius 3 is 2.55 bits per heavy atom. The highest BCUT2D eigenvalue weighted by molar-refractivity contribution is 5.58. The lowest BCUT2D eigenvalue weighted by Gasteiger charge is -2.04. The number of hydrogen-bond donors (Lipinski definition) is 1. The maximum Gasteiger partial charge on any atom is 0.422 e. The zero-order valence-electron chi connectivity index (χ0n) is 10.6. The molecule has 5 nitrogen and oxygen atoms in total. The van der Waals surface area contributed by atoms with Crippen molar-refractivity contribution in [2.45, 2.75) is 6.54 Å². The number of hydrogen-bond acceptors (Lipinski definition) is 4. The summed E-state index contributed by atoms with van der Waals surface area (Å²) in [6.45, 7) is 0.268. The van der Waals surface area contributed by atoms with Crippen LogP contribution in [-0.2, 0) is 6.54 Å². The topological polar surface area (TPSA) is 68.3 Å². The van der Waals surface area contributed by atoms with Gasteiger partial charge in [0.2, 0.25) is 5.88 Å². The van der Waals surface area contributed by atoms with Crippen LogP contribution in [0.25, 0.3) is 11.3 Å². The summed E-state index contributed by atoms with van der Waals surface area (Å²) in [4.78, 5) is 15.6. The van der Waals surface area contributed by atoms with Crippen molar-refractivity contribution in [2.24, 2.45) is 0 Å². The Labute approximate surface area is 114 Å². The maximum absolute atomic E-state index is 11.4. The molecular formula is C15H12N2O3. The molecule has 0 aliphatic heterocycles. The molecule has 0 saturated heterocycles. The Hall–Kier alpha value is -2.82. The van der Waals surface area contributed by atoms with Crippen LogP contribution in [0, 0.1) is 0 Å². The largest absolute Gasteiger partial charge is 0.492 e. The predicted octanol–water partition coefficient (Wildman–Crippen LogP) is 2.26. The summed E-state index contributed by atoms with van der Waals surface area (Å²) in [6.07, 6.45) is 2.77. The first-order valence-corrected chi connectivity index (χ1v) is 6.12. The number of rotatable bonds is 3. The molecule has 20 heavy (non-hydrogen) atoms. The van der Waals surface area contributed by atoms with Crippen molar-refractivity contribution < 1.29 is 9.52 Å². The summed E-state index contributed by atoms with van der Waals surface area (Å²) in [6, 6.07) is 13.4. The lowest BCUT2D eigenvalue weighted by atomic mass is 10.1. The fourth-order valence-electron chi connectivity index (χ4n) is 1.97. The van der Waals surface area contributed by atoms with Crippen molar-refractivity contribution in [1.82, 2.24) is 9.55 Å². The molecule has 0 spiro atoms. The van der Waals surface area contributed by atoms with Gasteiger partial charge in [0.05, 0.1) is 12.2 Å². The molecule has 0 atom stereocenters. The van der Waals surface area contributed by atoms with Crippen LogP contribution < -0.4 is 5.76 Å². The Morgan fingerprint density at radius 1 is 1.15 bits per heavy atom. The molecule has 1 N–H and O–H groups in total. The minimum atomic E-state index is -0.573. The summed E-state index contributed by atoms with van der Waals surface area (Å²) >= 11 is 0. The van der Waals surface area contributed by atoms with Crippen LogP contribution in [0.5, 0.6) is 5.88 Å². The zero-order chi connectivity index (χ0) is 13.9. The molecule has 0 aliphatic rings. The van der Waals surface area contributed by atoms with Gasteiger partial charge in [0, 0.05) is 11.8 Å². The Bertz CT molecular complexity index is 758. The number of pyridine rings is 1. The lowest BCUT2D eigenvalue weighted by Crippen LogP contribution is -2.14. The minimum Gasteiger partial charge on any atom is -0.492 e. The summed E-state index contributed by atoms with van der Waals surface area (Å²) in [5.41, 5.74) is 2.78. The van der Waals surface area contributed by atoms with E-state index in [9.17, 15) is 9.90 Å². The van der Waals surface area contributed by atoms with Crippen LogP contribution in [0.2, 0.25) is 0 Å². The van der Waals surface area contributed by atoms with Gasteiger partial charge in [-0.3, -0.25) is 4.98 Å². The van der Waals surface area contributed by atoms with Gasteiger partial charge in [-0.2, -0.15) is 0 Å². The van der Waals surface area contributed by atoms with E-state index in [1.807, 2.05) is 42.5 Å². The number of benzene rings is 1. The molecular weight excluding hydrogens is 256 g/mol. The van der Waals surface area contributed by atoms with E-state index in [0.717, 1.165) is 27.7 Å².